The lowest BCUT2D eigenvalue weighted by atomic mass is 10.1. The molecule has 0 aliphatic heterocycles. The smallest absolute Gasteiger partial charge is 0.224 e. The van der Waals surface area contributed by atoms with Crippen LogP contribution < -0.4 is 14.8 Å². The summed E-state index contributed by atoms with van der Waals surface area (Å²) in [5.41, 5.74) is 0.913. The van der Waals surface area contributed by atoms with Crippen molar-refractivity contribution in [3.05, 3.63) is 23.8 Å². The van der Waals surface area contributed by atoms with Gasteiger partial charge in [0.2, 0.25) is 5.91 Å². The Morgan fingerprint density at radius 1 is 1.25 bits per heavy atom. The highest BCUT2D eigenvalue weighted by Crippen LogP contribution is 2.27. The van der Waals surface area contributed by atoms with E-state index in [1.807, 2.05) is 18.2 Å². The average molecular weight is 391 g/mol. The van der Waals surface area contributed by atoms with Crippen molar-refractivity contribution in [3.63, 3.8) is 0 Å². The molecule has 0 bridgehead atoms. The summed E-state index contributed by atoms with van der Waals surface area (Å²) in [4.78, 5) is 12.1. The molecule has 1 aromatic carbocycles. The van der Waals surface area contributed by atoms with Gasteiger partial charge in [-0.3, -0.25) is 4.79 Å². The highest BCUT2D eigenvalue weighted by molar-refractivity contribution is 14.1. The van der Waals surface area contributed by atoms with E-state index in [2.05, 4.69) is 41.8 Å². The van der Waals surface area contributed by atoms with Gasteiger partial charge in [-0.25, -0.2) is 0 Å². The van der Waals surface area contributed by atoms with Crippen molar-refractivity contribution in [2.45, 2.75) is 26.3 Å². The van der Waals surface area contributed by atoms with E-state index in [1.54, 1.807) is 14.2 Å². The van der Waals surface area contributed by atoms with Crippen molar-refractivity contribution >= 4 is 28.5 Å². The van der Waals surface area contributed by atoms with Crippen LogP contribution in [0.1, 0.15) is 19.4 Å². The number of hydrogen-bond donors (Lipinski definition) is 1. The molecule has 0 saturated carbocycles. The Bertz CT molecular complexity index is 449. The van der Waals surface area contributed by atoms with Gasteiger partial charge in [0.1, 0.15) is 0 Å². The second kappa shape index (κ2) is 8.34. The summed E-state index contributed by atoms with van der Waals surface area (Å²) in [6.07, 6.45) is 0.347. The van der Waals surface area contributed by atoms with E-state index in [4.69, 9.17) is 9.47 Å². The second-order valence-electron chi connectivity index (χ2n) is 4.94. The highest BCUT2D eigenvalue weighted by Gasteiger charge is 2.15. The maximum absolute atomic E-state index is 12.1. The zero-order valence-electron chi connectivity index (χ0n) is 12.4. The summed E-state index contributed by atoms with van der Waals surface area (Å²) in [6.45, 7) is 4.22. The van der Waals surface area contributed by atoms with Crippen LogP contribution in [-0.4, -0.2) is 30.6 Å². The number of carbonyl (C=O) groups is 1. The molecule has 0 radical (unpaired) electrons. The van der Waals surface area contributed by atoms with Crippen LogP contribution in [0.15, 0.2) is 18.2 Å². The van der Waals surface area contributed by atoms with Crippen LogP contribution in [0, 0.1) is 5.92 Å². The third-order valence-electron chi connectivity index (χ3n) is 3.13. The van der Waals surface area contributed by atoms with Crippen LogP contribution in [-0.2, 0) is 11.2 Å². The predicted molar refractivity (Wildman–Crippen MR) is 88.9 cm³/mol. The first-order valence-electron chi connectivity index (χ1n) is 6.58. The van der Waals surface area contributed by atoms with Crippen LogP contribution in [0.5, 0.6) is 11.5 Å². The molecule has 0 aromatic heterocycles. The third kappa shape index (κ3) is 4.85. The Morgan fingerprint density at radius 2 is 1.90 bits per heavy atom. The lowest BCUT2D eigenvalue weighted by molar-refractivity contribution is -0.121. The molecular formula is C15H22INO3. The number of hydrogen-bond acceptors (Lipinski definition) is 3. The molecule has 0 heterocycles. The molecular weight excluding hydrogens is 369 g/mol. The lowest BCUT2D eigenvalue weighted by Gasteiger charge is -2.20. The topological polar surface area (TPSA) is 47.6 Å². The molecule has 1 atom stereocenters. The average Bonchev–Trinajstić information content (AvgIpc) is 2.44. The normalized spacial score (nSPS) is 12.1. The van der Waals surface area contributed by atoms with E-state index >= 15 is 0 Å². The van der Waals surface area contributed by atoms with Gasteiger partial charge in [-0.2, -0.15) is 0 Å². The number of benzene rings is 1. The molecule has 1 aromatic rings. The summed E-state index contributed by atoms with van der Waals surface area (Å²) < 4.78 is 11.3. The first kappa shape index (κ1) is 17.1. The number of amides is 1. The number of ether oxygens (including phenoxy) is 2. The number of methoxy groups -OCH3 is 2. The minimum absolute atomic E-state index is 0.0348. The standard InChI is InChI=1S/C15H22INO3/c1-10(2)12(9-16)17-15(18)8-11-5-6-13(19-3)14(7-11)20-4/h5-7,10,12H,8-9H2,1-4H3,(H,17,18). The molecule has 0 saturated heterocycles. The van der Waals surface area contributed by atoms with E-state index in [-0.39, 0.29) is 11.9 Å². The van der Waals surface area contributed by atoms with Crippen molar-refractivity contribution in [3.8, 4) is 11.5 Å². The fourth-order valence-corrected chi connectivity index (χ4v) is 3.05. The SMILES string of the molecule is COc1ccc(CC(=O)NC(CI)C(C)C)cc1OC. The van der Waals surface area contributed by atoms with Crippen molar-refractivity contribution in [1.82, 2.24) is 5.32 Å². The van der Waals surface area contributed by atoms with Crippen LogP contribution >= 0.6 is 22.6 Å². The molecule has 1 unspecified atom stereocenters. The van der Waals surface area contributed by atoms with Crippen molar-refractivity contribution in [2.24, 2.45) is 5.92 Å². The van der Waals surface area contributed by atoms with Gasteiger partial charge in [0.15, 0.2) is 11.5 Å². The third-order valence-corrected chi connectivity index (χ3v) is 4.08. The molecule has 0 aliphatic carbocycles. The fourth-order valence-electron chi connectivity index (χ4n) is 1.82. The zero-order valence-corrected chi connectivity index (χ0v) is 14.6. The number of halogens is 1. The molecule has 1 amide bonds. The van der Waals surface area contributed by atoms with E-state index in [0.717, 1.165) is 9.99 Å². The number of alkyl halides is 1. The maximum atomic E-state index is 12.1. The van der Waals surface area contributed by atoms with Crippen molar-refractivity contribution in [2.75, 3.05) is 18.6 Å². The molecule has 0 fully saturated rings. The number of nitrogens with one attached hydrogen (secondary N) is 1. The molecule has 4 nitrogen and oxygen atoms in total. The Kier molecular flexibility index (Phi) is 7.12. The molecule has 1 rings (SSSR count). The summed E-state index contributed by atoms with van der Waals surface area (Å²) in [5.74, 6) is 1.78. The van der Waals surface area contributed by atoms with E-state index in [1.165, 1.54) is 0 Å². The van der Waals surface area contributed by atoms with Crippen LogP contribution in [0.3, 0.4) is 0 Å². The quantitative estimate of drug-likeness (QED) is 0.575. The Labute approximate surface area is 134 Å². The summed E-state index contributed by atoms with van der Waals surface area (Å²) in [5, 5.41) is 3.06. The minimum Gasteiger partial charge on any atom is -0.493 e. The summed E-state index contributed by atoms with van der Waals surface area (Å²) in [6, 6.07) is 5.75. The number of rotatable bonds is 7. The predicted octanol–water partition coefficient (Wildman–Crippen LogP) is 2.82. The van der Waals surface area contributed by atoms with E-state index in [9.17, 15) is 4.79 Å². The van der Waals surface area contributed by atoms with Gasteiger partial charge in [-0.1, -0.05) is 42.5 Å². The van der Waals surface area contributed by atoms with Crippen LogP contribution in [0.25, 0.3) is 0 Å². The van der Waals surface area contributed by atoms with Crippen LogP contribution in [0.2, 0.25) is 0 Å². The largest absolute Gasteiger partial charge is 0.493 e. The van der Waals surface area contributed by atoms with Gasteiger partial charge >= 0.3 is 0 Å². The monoisotopic (exact) mass is 391 g/mol. The molecule has 1 N–H and O–H groups in total. The van der Waals surface area contributed by atoms with Gasteiger partial charge in [-0.05, 0) is 23.6 Å². The minimum atomic E-state index is 0.0348. The van der Waals surface area contributed by atoms with Crippen molar-refractivity contribution < 1.29 is 14.3 Å². The number of carbonyl (C=O) groups excluding carboxylic acids is 1. The summed E-state index contributed by atoms with van der Waals surface area (Å²) in [7, 11) is 3.18. The molecule has 112 valence electrons. The van der Waals surface area contributed by atoms with Gasteiger partial charge in [0, 0.05) is 10.5 Å². The second-order valence-corrected chi connectivity index (χ2v) is 5.82. The maximum Gasteiger partial charge on any atom is 0.224 e. The lowest BCUT2D eigenvalue weighted by Crippen LogP contribution is -2.40. The van der Waals surface area contributed by atoms with E-state index < -0.39 is 0 Å². The van der Waals surface area contributed by atoms with E-state index in [0.29, 0.717) is 23.8 Å². The first-order chi connectivity index (χ1) is 9.51. The first-order valence-corrected chi connectivity index (χ1v) is 8.10. The molecule has 20 heavy (non-hydrogen) atoms. The summed E-state index contributed by atoms with van der Waals surface area (Å²) >= 11 is 2.30. The van der Waals surface area contributed by atoms with Crippen molar-refractivity contribution in [1.29, 1.82) is 0 Å². The van der Waals surface area contributed by atoms with Crippen LogP contribution in [0.4, 0.5) is 0 Å². The zero-order chi connectivity index (χ0) is 15.1. The van der Waals surface area contributed by atoms with Gasteiger partial charge in [-0.15, -0.1) is 0 Å². The highest BCUT2D eigenvalue weighted by atomic mass is 127. The molecule has 0 spiro atoms. The Morgan fingerprint density at radius 3 is 2.40 bits per heavy atom. The van der Waals surface area contributed by atoms with Gasteiger partial charge < -0.3 is 14.8 Å². The Hall–Kier alpha value is -0.980. The van der Waals surface area contributed by atoms with Gasteiger partial charge in [0.25, 0.3) is 0 Å². The molecule has 0 aliphatic rings. The Balaban J connectivity index is 2.71. The fraction of sp³-hybridized carbons (Fsp3) is 0.533. The molecule has 5 heteroatoms. The van der Waals surface area contributed by atoms with Gasteiger partial charge in [0.05, 0.1) is 20.6 Å².